The molecule has 0 aliphatic heterocycles. The molecule has 4 aromatic carbocycles. The number of ether oxygens (including phenoxy) is 1. The van der Waals surface area contributed by atoms with Crippen LogP contribution >= 0.6 is 0 Å². The monoisotopic (exact) mass is 862 g/mol. The topological polar surface area (TPSA) is 83.5 Å². The van der Waals surface area contributed by atoms with Gasteiger partial charge >= 0.3 is 21.1 Å². The van der Waals surface area contributed by atoms with E-state index in [1.807, 2.05) is 54.7 Å². The van der Waals surface area contributed by atoms with E-state index in [4.69, 9.17) is 28.5 Å². The average molecular weight is 863 g/mol. The van der Waals surface area contributed by atoms with Crippen molar-refractivity contribution in [2.75, 3.05) is 0 Å². The number of furan rings is 2. The Bertz CT molecular complexity index is 2930. The molecule has 6 aromatic heterocycles. The third kappa shape index (κ3) is 4.88. The number of benzene rings is 4. The predicted octanol–water partition coefficient (Wildman–Crippen LogP) is 11.0. The summed E-state index contributed by atoms with van der Waals surface area (Å²) >= 11 is 0. The van der Waals surface area contributed by atoms with Crippen molar-refractivity contribution in [2.24, 2.45) is 0 Å². The Balaban J connectivity index is 0.00000360. The summed E-state index contributed by atoms with van der Waals surface area (Å²) in [5, 5.41) is 1.87. The first-order valence-electron chi connectivity index (χ1n) is 17.1. The van der Waals surface area contributed by atoms with Gasteiger partial charge in [0.25, 0.3) is 0 Å². The summed E-state index contributed by atoms with van der Waals surface area (Å²) in [7, 11) is 0. The fourth-order valence-corrected chi connectivity index (χ4v) is 7.17. The zero-order valence-corrected chi connectivity index (χ0v) is 31.7. The number of hydrogen-bond donors (Lipinski definition) is 0. The molecule has 10 rings (SSSR count). The molecule has 0 spiro atoms. The Morgan fingerprint density at radius 1 is 0.712 bits per heavy atom. The van der Waals surface area contributed by atoms with Gasteiger partial charge in [0.2, 0.25) is 11.5 Å². The van der Waals surface area contributed by atoms with Crippen LogP contribution in [0.3, 0.4) is 0 Å². The number of fused-ring (bicyclic) bond motifs is 5. The van der Waals surface area contributed by atoms with Gasteiger partial charge in [0.05, 0.1) is 27.3 Å². The van der Waals surface area contributed by atoms with Crippen molar-refractivity contribution in [3.63, 3.8) is 0 Å². The number of pyridine rings is 2. The standard InChI is InChI=1S/C43H33N5O3.Pt/c1-42(2,3)25-19-24(30-23-36-38-37-33(50-36)14-9-15-34(37)51-40(38)45-30)20-27(21-25)49-35-22-26(16-17-28(35)43(4,5)6)47-39-32(13-10-18-44-39)48-31-12-8-7-11-29(31)46-41(47)48;/h7-19,21,23H,1-6H3;/q-2;+2. The molecule has 0 N–H and O–H groups in total. The van der Waals surface area contributed by atoms with Crippen molar-refractivity contribution in [3.8, 4) is 28.4 Å². The minimum atomic E-state index is -0.239. The molecule has 6 heterocycles. The van der Waals surface area contributed by atoms with E-state index in [0.717, 1.165) is 77.9 Å². The molecule has 0 saturated carbocycles. The van der Waals surface area contributed by atoms with E-state index in [1.54, 1.807) is 0 Å². The predicted molar refractivity (Wildman–Crippen MR) is 200 cm³/mol. The molecule has 0 bridgehead atoms. The first-order valence-corrected chi connectivity index (χ1v) is 17.1. The van der Waals surface area contributed by atoms with Gasteiger partial charge in [-0.1, -0.05) is 83.0 Å². The molecule has 0 saturated heterocycles. The second-order valence-corrected chi connectivity index (χ2v) is 15.3. The van der Waals surface area contributed by atoms with E-state index in [1.165, 1.54) is 0 Å². The van der Waals surface area contributed by atoms with Crippen LogP contribution < -0.4 is 4.74 Å². The number of hydrogen-bond acceptors (Lipinski definition) is 6. The number of rotatable bonds is 4. The van der Waals surface area contributed by atoms with Crippen LogP contribution in [0.4, 0.5) is 0 Å². The van der Waals surface area contributed by atoms with Crippen LogP contribution in [0.15, 0.2) is 100.0 Å². The van der Waals surface area contributed by atoms with Crippen LogP contribution in [-0.4, -0.2) is 23.9 Å². The molecule has 0 atom stereocenters. The molecule has 9 heteroatoms. The normalized spacial score (nSPS) is 12.7. The Kier molecular flexibility index (Phi) is 7.03. The minimum absolute atomic E-state index is 0. The summed E-state index contributed by atoms with van der Waals surface area (Å²) in [6.07, 6.45) is 1.81. The first kappa shape index (κ1) is 32.4. The number of aromatic nitrogens is 5. The van der Waals surface area contributed by atoms with Crippen LogP contribution in [0, 0.1) is 12.1 Å². The van der Waals surface area contributed by atoms with Gasteiger partial charge in [-0.3, -0.25) is 14.0 Å². The van der Waals surface area contributed by atoms with Crippen LogP contribution in [0.2, 0.25) is 0 Å². The van der Waals surface area contributed by atoms with Gasteiger partial charge in [-0.2, -0.15) is 6.07 Å². The molecule has 0 radical (unpaired) electrons. The van der Waals surface area contributed by atoms with Crippen LogP contribution in [-0.2, 0) is 31.9 Å². The van der Waals surface area contributed by atoms with Gasteiger partial charge in [0, 0.05) is 17.7 Å². The minimum Gasteiger partial charge on any atom is -0.503 e. The summed E-state index contributed by atoms with van der Waals surface area (Å²) in [6.45, 7) is 13.1. The number of nitrogens with zero attached hydrogens (tertiary/aromatic N) is 5. The van der Waals surface area contributed by atoms with Crippen LogP contribution in [0.1, 0.15) is 52.7 Å². The smallest absolute Gasteiger partial charge is 0.503 e. The summed E-state index contributed by atoms with van der Waals surface area (Å²) in [4.78, 5) is 14.8. The molecule has 258 valence electrons. The summed E-state index contributed by atoms with van der Waals surface area (Å²) < 4.78 is 23.5. The Morgan fingerprint density at radius 2 is 1.50 bits per heavy atom. The molecule has 0 aliphatic rings. The van der Waals surface area contributed by atoms with Crippen molar-refractivity contribution < 1.29 is 34.6 Å². The zero-order valence-electron chi connectivity index (χ0n) is 29.4. The van der Waals surface area contributed by atoms with Crippen molar-refractivity contribution in [2.45, 2.75) is 52.4 Å². The van der Waals surface area contributed by atoms with Gasteiger partial charge in [-0.25, -0.2) is 9.97 Å². The summed E-state index contributed by atoms with van der Waals surface area (Å²) in [5.74, 6) is 1.93. The van der Waals surface area contributed by atoms with E-state index < -0.39 is 0 Å². The van der Waals surface area contributed by atoms with E-state index in [9.17, 15) is 0 Å². The van der Waals surface area contributed by atoms with E-state index in [2.05, 4.69) is 99.0 Å². The van der Waals surface area contributed by atoms with Gasteiger partial charge < -0.3 is 13.6 Å². The maximum absolute atomic E-state index is 6.89. The van der Waals surface area contributed by atoms with E-state index in [0.29, 0.717) is 22.9 Å². The van der Waals surface area contributed by atoms with Crippen molar-refractivity contribution in [1.29, 1.82) is 0 Å². The molecule has 8 nitrogen and oxygen atoms in total. The maximum Gasteiger partial charge on any atom is 2.00 e. The molecule has 52 heavy (non-hydrogen) atoms. The Morgan fingerprint density at radius 3 is 2.31 bits per heavy atom. The van der Waals surface area contributed by atoms with E-state index in [-0.39, 0.29) is 31.9 Å². The van der Waals surface area contributed by atoms with Crippen molar-refractivity contribution in [1.82, 2.24) is 23.9 Å². The molecular weight excluding hydrogens is 830 g/mol. The van der Waals surface area contributed by atoms with Crippen LogP contribution in [0.25, 0.3) is 78.2 Å². The largest absolute Gasteiger partial charge is 2.00 e. The second kappa shape index (κ2) is 11.3. The quantitative estimate of drug-likeness (QED) is 0.164. The second-order valence-electron chi connectivity index (χ2n) is 15.3. The summed E-state index contributed by atoms with van der Waals surface area (Å²) in [5.41, 5.74) is 10.4. The third-order valence-corrected chi connectivity index (χ3v) is 9.72. The average Bonchev–Trinajstić information content (AvgIpc) is 3.85. The Labute approximate surface area is 313 Å². The zero-order chi connectivity index (χ0) is 34.8. The molecule has 10 aromatic rings. The van der Waals surface area contributed by atoms with Crippen molar-refractivity contribution >= 4 is 61.2 Å². The maximum atomic E-state index is 6.89. The van der Waals surface area contributed by atoms with E-state index >= 15 is 0 Å². The first-order chi connectivity index (χ1) is 24.5. The van der Waals surface area contributed by atoms with Gasteiger partial charge in [-0.05, 0) is 53.6 Å². The molecule has 0 aliphatic carbocycles. The van der Waals surface area contributed by atoms with Crippen molar-refractivity contribution in [3.05, 3.63) is 114 Å². The van der Waals surface area contributed by atoms with Gasteiger partial charge in [-0.15, -0.1) is 34.9 Å². The Hall–Kier alpha value is -5.46. The SMILES string of the molecule is CC(C)(C)c1cc(Oc2[c-]c(-n3c4ncccc4n4c5ccccc5nc34)ccc2C(C)(C)C)[c-]c(-c2cc3oc4cccc5oc(n2)c3c45)c1.[Pt+2]. The molecule has 0 amide bonds. The van der Waals surface area contributed by atoms with Gasteiger partial charge in [0.1, 0.15) is 16.7 Å². The number of imidazole rings is 2. The molecule has 0 fully saturated rings. The fourth-order valence-electron chi connectivity index (χ4n) is 7.17. The molecule has 0 unspecified atom stereocenters. The van der Waals surface area contributed by atoms with Gasteiger partial charge in [0.15, 0.2) is 5.65 Å². The third-order valence-electron chi connectivity index (χ3n) is 9.72. The molecular formula is C43H33N5O3Pt. The number of para-hydroxylation sites is 2. The van der Waals surface area contributed by atoms with Crippen LogP contribution in [0.5, 0.6) is 11.5 Å². The summed E-state index contributed by atoms with van der Waals surface area (Å²) in [6, 6.07) is 35.6. The fraction of sp³-hybridized carbons (Fsp3) is 0.186.